The molecule has 0 radical (unpaired) electrons. The van der Waals surface area contributed by atoms with Crippen LogP contribution >= 0.6 is 22.9 Å². The second-order valence-electron chi connectivity index (χ2n) is 2.94. The second-order valence-corrected chi connectivity index (χ2v) is 4.51. The standard InChI is InChI=1S/C14H11ClOS/c1-3-4-5-7-12-10-11-13(17-12)8-6-9-14(15)16-2/h10-11,14H,9H2,1-2H3. The zero-order valence-electron chi connectivity index (χ0n) is 9.63. The second kappa shape index (κ2) is 7.83. The fourth-order valence-electron chi connectivity index (χ4n) is 0.929. The van der Waals surface area contributed by atoms with Crippen molar-refractivity contribution in [1.29, 1.82) is 0 Å². The number of ether oxygens (including phenoxy) is 1. The summed E-state index contributed by atoms with van der Waals surface area (Å²) >= 11 is 7.31. The van der Waals surface area contributed by atoms with E-state index in [1.165, 1.54) is 0 Å². The van der Waals surface area contributed by atoms with Gasteiger partial charge in [0.15, 0.2) is 0 Å². The van der Waals surface area contributed by atoms with Gasteiger partial charge in [-0.05, 0) is 36.8 Å². The van der Waals surface area contributed by atoms with Crippen LogP contribution in [-0.4, -0.2) is 12.7 Å². The van der Waals surface area contributed by atoms with Crippen LogP contribution in [0.15, 0.2) is 12.1 Å². The summed E-state index contributed by atoms with van der Waals surface area (Å²) in [7, 11) is 1.56. The molecule has 0 spiro atoms. The Balaban J connectivity index is 2.62. The van der Waals surface area contributed by atoms with Crippen molar-refractivity contribution < 1.29 is 4.74 Å². The van der Waals surface area contributed by atoms with E-state index in [4.69, 9.17) is 16.3 Å². The Morgan fingerprint density at radius 2 is 2.00 bits per heavy atom. The van der Waals surface area contributed by atoms with E-state index >= 15 is 0 Å². The Hall–Kier alpha value is -1.37. The molecule has 0 fully saturated rings. The van der Waals surface area contributed by atoms with Crippen molar-refractivity contribution in [2.24, 2.45) is 0 Å². The monoisotopic (exact) mass is 262 g/mol. The summed E-state index contributed by atoms with van der Waals surface area (Å²) in [5.41, 5.74) is -0.346. The third-order valence-electron chi connectivity index (χ3n) is 1.71. The number of thiophene rings is 1. The smallest absolute Gasteiger partial charge is 0.141 e. The van der Waals surface area contributed by atoms with Gasteiger partial charge in [-0.3, -0.25) is 0 Å². The average Bonchev–Trinajstić information content (AvgIpc) is 2.77. The predicted molar refractivity (Wildman–Crippen MR) is 72.8 cm³/mol. The van der Waals surface area contributed by atoms with Crippen molar-refractivity contribution in [3.63, 3.8) is 0 Å². The summed E-state index contributed by atoms with van der Waals surface area (Å²) in [6, 6.07) is 3.88. The molecular formula is C14H11ClOS. The summed E-state index contributed by atoms with van der Waals surface area (Å²) in [6.45, 7) is 1.76. The number of halogens is 1. The SMILES string of the molecule is CC#CC#Cc1ccc(C#CCC(Cl)OC)s1. The highest BCUT2D eigenvalue weighted by Crippen LogP contribution is 2.14. The largest absolute Gasteiger partial charge is 0.365 e. The topological polar surface area (TPSA) is 9.23 Å². The Kier molecular flexibility index (Phi) is 6.31. The van der Waals surface area contributed by atoms with Crippen LogP contribution in [0.1, 0.15) is 23.1 Å². The van der Waals surface area contributed by atoms with Crippen LogP contribution in [0.5, 0.6) is 0 Å². The lowest BCUT2D eigenvalue weighted by Gasteiger charge is -1.98. The summed E-state index contributed by atoms with van der Waals surface area (Å²) in [5.74, 6) is 17.1. The first-order valence-electron chi connectivity index (χ1n) is 4.94. The van der Waals surface area contributed by atoms with Crippen molar-refractivity contribution in [3.05, 3.63) is 21.9 Å². The quantitative estimate of drug-likeness (QED) is 0.588. The maximum atomic E-state index is 5.76. The third kappa shape index (κ3) is 5.48. The van der Waals surface area contributed by atoms with E-state index in [9.17, 15) is 0 Å². The van der Waals surface area contributed by atoms with Crippen LogP contribution in [0.4, 0.5) is 0 Å². The molecule has 0 aromatic carbocycles. The van der Waals surface area contributed by atoms with Gasteiger partial charge in [0, 0.05) is 13.5 Å². The van der Waals surface area contributed by atoms with E-state index in [-0.39, 0.29) is 5.56 Å². The molecule has 0 bridgehead atoms. The van der Waals surface area contributed by atoms with E-state index in [0.717, 1.165) is 9.75 Å². The minimum Gasteiger partial charge on any atom is -0.365 e. The molecule has 1 aromatic heterocycles. The number of hydrogen-bond acceptors (Lipinski definition) is 2. The average molecular weight is 263 g/mol. The lowest BCUT2D eigenvalue weighted by atomic mass is 10.4. The van der Waals surface area contributed by atoms with E-state index in [2.05, 4.69) is 35.5 Å². The highest BCUT2D eigenvalue weighted by molar-refractivity contribution is 7.13. The van der Waals surface area contributed by atoms with Crippen molar-refractivity contribution in [3.8, 4) is 35.5 Å². The van der Waals surface area contributed by atoms with Crippen molar-refractivity contribution >= 4 is 22.9 Å². The molecule has 0 saturated carbocycles. The molecule has 1 aromatic rings. The molecule has 0 amide bonds. The van der Waals surface area contributed by atoms with Crippen LogP contribution in [0, 0.1) is 35.5 Å². The van der Waals surface area contributed by atoms with Gasteiger partial charge in [0.1, 0.15) is 5.56 Å². The fraction of sp³-hybridized carbons (Fsp3) is 0.286. The van der Waals surface area contributed by atoms with E-state index in [1.54, 1.807) is 25.4 Å². The van der Waals surface area contributed by atoms with Crippen LogP contribution in [0.3, 0.4) is 0 Å². The van der Waals surface area contributed by atoms with Gasteiger partial charge in [0.05, 0.1) is 9.75 Å². The summed E-state index contributed by atoms with van der Waals surface area (Å²) in [6.07, 6.45) is 0.512. The minimum atomic E-state index is -0.346. The molecule has 17 heavy (non-hydrogen) atoms. The van der Waals surface area contributed by atoms with Gasteiger partial charge < -0.3 is 4.74 Å². The number of hydrogen-bond donors (Lipinski definition) is 0. The zero-order valence-corrected chi connectivity index (χ0v) is 11.2. The molecule has 0 aliphatic heterocycles. The Morgan fingerprint density at radius 3 is 2.65 bits per heavy atom. The molecule has 1 unspecified atom stereocenters. The Labute approximate surface area is 111 Å². The first-order valence-corrected chi connectivity index (χ1v) is 6.20. The van der Waals surface area contributed by atoms with Crippen LogP contribution in [-0.2, 0) is 4.74 Å². The third-order valence-corrected chi connectivity index (χ3v) is 2.96. The molecule has 3 heteroatoms. The maximum Gasteiger partial charge on any atom is 0.141 e. The molecule has 0 N–H and O–H groups in total. The molecule has 1 rings (SSSR count). The highest BCUT2D eigenvalue weighted by atomic mass is 35.5. The molecule has 86 valence electrons. The summed E-state index contributed by atoms with van der Waals surface area (Å²) < 4.78 is 4.89. The maximum absolute atomic E-state index is 5.76. The Morgan fingerprint density at radius 1 is 1.29 bits per heavy atom. The predicted octanol–water partition coefficient (Wildman–Crippen LogP) is 3.08. The number of alkyl halides is 1. The first kappa shape index (κ1) is 13.7. The number of rotatable bonds is 2. The minimum absolute atomic E-state index is 0.346. The van der Waals surface area contributed by atoms with Crippen molar-refractivity contribution in [1.82, 2.24) is 0 Å². The van der Waals surface area contributed by atoms with Gasteiger partial charge in [-0.2, -0.15) is 0 Å². The molecule has 0 aliphatic rings. The lowest BCUT2D eigenvalue weighted by molar-refractivity contribution is 0.171. The van der Waals surface area contributed by atoms with Gasteiger partial charge in [-0.15, -0.1) is 11.3 Å². The summed E-state index contributed by atoms with van der Waals surface area (Å²) in [4.78, 5) is 1.94. The van der Waals surface area contributed by atoms with E-state index < -0.39 is 0 Å². The normalized spacial score (nSPS) is 10.1. The lowest BCUT2D eigenvalue weighted by Crippen LogP contribution is -1.97. The van der Waals surface area contributed by atoms with Gasteiger partial charge >= 0.3 is 0 Å². The molecule has 0 aliphatic carbocycles. The first-order chi connectivity index (χ1) is 8.26. The summed E-state index contributed by atoms with van der Waals surface area (Å²) in [5, 5.41) is 0. The van der Waals surface area contributed by atoms with Crippen molar-refractivity contribution in [2.45, 2.75) is 18.9 Å². The number of methoxy groups -OCH3 is 1. The molecule has 1 atom stereocenters. The van der Waals surface area contributed by atoms with Gasteiger partial charge in [0.2, 0.25) is 0 Å². The molecule has 1 nitrogen and oxygen atoms in total. The van der Waals surface area contributed by atoms with E-state index in [1.807, 2.05) is 12.1 Å². The van der Waals surface area contributed by atoms with Crippen LogP contribution < -0.4 is 0 Å². The van der Waals surface area contributed by atoms with Gasteiger partial charge in [0.25, 0.3) is 0 Å². The van der Waals surface area contributed by atoms with Crippen LogP contribution in [0.25, 0.3) is 0 Å². The van der Waals surface area contributed by atoms with Crippen LogP contribution in [0.2, 0.25) is 0 Å². The van der Waals surface area contributed by atoms with E-state index in [0.29, 0.717) is 6.42 Å². The highest BCUT2D eigenvalue weighted by Gasteiger charge is 1.97. The molecular weight excluding hydrogens is 252 g/mol. The molecule has 1 heterocycles. The zero-order chi connectivity index (χ0) is 12.5. The Bertz CT molecular complexity index is 540. The van der Waals surface area contributed by atoms with Gasteiger partial charge in [-0.25, -0.2) is 0 Å². The molecule has 0 saturated heterocycles. The van der Waals surface area contributed by atoms with Gasteiger partial charge in [-0.1, -0.05) is 29.4 Å². The fourth-order valence-corrected chi connectivity index (χ4v) is 1.74. The van der Waals surface area contributed by atoms with Crippen molar-refractivity contribution in [2.75, 3.05) is 7.11 Å².